The van der Waals surface area contributed by atoms with Gasteiger partial charge in [0.25, 0.3) is 0 Å². The fourth-order valence-electron chi connectivity index (χ4n) is 2.39. The molecule has 0 atom stereocenters. The summed E-state index contributed by atoms with van der Waals surface area (Å²) in [5.41, 5.74) is 3.01. The molecule has 0 unspecified atom stereocenters. The smallest absolute Gasteiger partial charge is 0.109 e. The van der Waals surface area contributed by atoms with Gasteiger partial charge in [-0.05, 0) is 50.7 Å². The monoisotopic (exact) mass is 192 g/mol. The lowest BCUT2D eigenvalue weighted by Gasteiger charge is -2.39. The molecule has 1 aromatic carbocycles. The number of benzene rings is 1. The van der Waals surface area contributed by atoms with Crippen molar-refractivity contribution in [3.8, 4) is 0 Å². The summed E-state index contributed by atoms with van der Waals surface area (Å²) in [7, 11) is 0. The number of aryl methyl sites for hydroxylation is 2. The summed E-state index contributed by atoms with van der Waals surface area (Å²) >= 11 is 0. The van der Waals surface area contributed by atoms with Crippen LogP contribution in [0.25, 0.3) is 0 Å². The first kappa shape index (κ1) is 9.70. The Morgan fingerprint density at radius 1 is 1.29 bits per heavy atom. The molecule has 0 spiro atoms. The maximum Gasteiger partial charge on any atom is 0.109 e. The van der Waals surface area contributed by atoms with Crippen molar-refractivity contribution in [3.05, 3.63) is 34.9 Å². The first-order chi connectivity index (χ1) is 6.48. The molecule has 0 saturated heterocycles. The molecule has 2 rings (SSSR count). The second kappa shape index (κ2) is 3.08. The number of halogens is 1. The summed E-state index contributed by atoms with van der Waals surface area (Å²) < 4.78 is 13.4. The number of rotatable bonds is 1. The minimum absolute atomic E-state index is 0.449. The van der Waals surface area contributed by atoms with E-state index in [1.807, 2.05) is 0 Å². The Balaban J connectivity index is 2.22. The van der Waals surface area contributed by atoms with Crippen molar-refractivity contribution in [1.29, 1.82) is 0 Å². The molecule has 1 aromatic rings. The molecule has 14 heavy (non-hydrogen) atoms. The normalized spacial score (nSPS) is 31.3. The summed E-state index contributed by atoms with van der Waals surface area (Å²) in [6, 6.07) is 6.46. The quantitative estimate of drug-likeness (QED) is 0.633. The van der Waals surface area contributed by atoms with Gasteiger partial charge in [-0.15, -0.1) is 0 Å². The minimum Gasteiger partial charge on any atom is -0.244 e. The molecule has 0 nitrogen and oxygen atoms in total. The highest BCUT2D eigenvalue weighted by Gasteiger charge is 2.41. The highest BCUT2D eigenvalue weighted by atomic mass is 19.1. The molecule has 0 heterocycles. The van der Waals surface area contributed by atoms with Crippen molar-refractivity contribution in [2.45, 2.75) is 45.2 Å². The molecule has 1 heteroatoms. The van der Waals surface area contributed by atoms with E-state index in [0.29, 0.717) is 18.8 Å². The van der Waals surface area contributed by atoms with Crippen LogP contribution in [0.4, 0.5) is 4.39 Å². The highest BCUT2D eigenvalue weighted by Crippen LogP contribution is 2.47. The lowest BCUT2D eigenvalue weighted by atomic mass is 9.69. The van der Waals surface area contributed by atoms with Crippen LogP contribution < -0.4 is 0 Å². The predicted octanol–water partition coefficient (Wildman–Crippen LogP) is 3.91. The van der Waals surface area contributed by atoms with Gasteiger partial charge in [-0.1, -0.05) is 23.8 Å². The third-order valence-electron chi connectivity index (χ3n) is 3.22. The van der Waals surface area contributed by atoms with Gasteiger partial charge in [0.1, 0.15) is 5.67 Å². The first-order valence-corrected chi connectivity index (χ1v) is 5.24. The third kappa shape index (κ3) is 1.68. The van der Waals surface area contributed by atoms with Gasteiger partial charge in [0.2, 0.25) is 0 Å². The van der Waals surface area contributed by atoms with E-state index in [1.165, 1.54) is 16.7 Å². The average Bonchev–Trinajstić information content (AvgIpc) is 2.05. The van der Waals surface area contributed by atoms with E-state index >= 15 is 0 Å². The molecule has 1 fully saturated rings. The molecule has 0 amide bonds. The Kier molecular flexibility index (Phi) is 2.13. The van der Waals surface area contributed by atoms with Crippen molar-refractivity contribution in [2.24, 2.45) is 0 Å². The fraction of sp³-hybridized carbons (Fsp3) is 0.538. The second-order valence-electron chi connectivity index (χ2n) is 4.88. The van der Waals surface area contributed by atoms with Crippen LogP contribution in [0.15, 0.2) is 18.2 Å². The zero-order valence-corrected chi connectivity index (χ0v) is 9.10. The van der Waals surface area contributed by atoms with Crippen molar-refractivity contribution >= 4 is 0 Å². The molecular weight excluding hydrogens is 175 g/mol. The van der Waals surface area contributed by atoms with Gasteiger partial charge >= 0.3 is 0 Å². The van der Waals surface area contributed by atoms with Gasteiger partial charge in [0, 0.05) is 0 Å². The lowest BCUT2D eigenvalue weighted by Crippen LogP contribution is -2.35. The molecule has 1 aliphatic rings. The number of alkyl halides is 1. The molecule has 0 bridgehead atoms. The van der Waals surface area contributed by atoms with E-state index in [2.05, 4.69) is 32.0 Å². The van der Waals surface area contributed by atoms with Gasteiger partial charge in [0.05, 0.1) is 0 Å². The van der Waals surface area contributed by atoms with Crippen molar-refractivity contribution < 1.29 is 4.39 Å². The summed E-state index contributed by atoms with van der Waals surface area (Å²) in [5.74, 6) is 0.449. The van der Waals surface area contributed by atoms with Gasteiger partial charge in [-0.2, -0.15) is 0 Å². The van der Waals surface area contributed by atoms with Gasteiger partial charge in [-0.25, -0.2) is 4.39 Å². The van der Waals surface area contributed by atoms with Crippen molar-refractivity contribution in [3.63, 3.8) is 0 Å². The molecular formula is C13H17F. The number of hydrogen-bond donors (Lipinski definition) is 0. The predicted molar refractivity (Wildman–Crippen MR) is 57.4 cm³/mol. The lowest BCUT2D eigenvalue weighted by molar-refractivity contribution is 0.0614. The van der Waals surface area contributed by atoms with Gasteiger partial charge in [-0.3, -0.25) is 0 Å². The summed E-state index contributed by atoms with van der Waals surface area (Å²) in [6.07, 6.45) is 1.38. The van der Waals surface area contributed by atoms with E-state index in [0.717, 1.165) is 0 Å². The van der Waals surface area contributed by atoms with Crippen molar-refractivity contribution in [2.75, 3.05) is 0 Å². The average molecular weight is 192 g/mol. The van der Waals surface area contributed by atoms with E-state index in [4.69, 9.17) is 0 Å². The Hall–Kier alpha value is -0.850. The van der Waals surface area contributed by atoms with Crippen LogP contribution in [-0.4, -0.2) is 5.67 Å². The second-order valence-corrected chi connectivity index (χ2v) is 4.88. The molecule has 1 aliphatic carbocycles. The van der Waals surface area contributed by atoms with E-state index in [1.54, 1.807) is 6.92 Å². The first-order valence-electron chi connectivity index (χ1n) is 5.24. The van der Waals surface area contributed by atoms with Gasteiger partial charge in [0.15, 0.2) is 0 Å². The Morgan fingerprint density at radius 2 is 1.93 bits per heavy atom. The maximum absolute atomic E-state index is 13.4. The fourth-order valence-corrected chi connectivity index (χ4v) is 2.39. The van der Waals surface area contributed by atoms with Crippen LogP contribution in [0.3, 0.4) is 0 Å². The van der Waals surface area contributed by atoms with Crippen LogP contribution in [0.5, 0.6) is 0 Å². The molecule has 0 aromatic heterocycles. The molecule has 0 radical (unpaired) electrons. The Labute approximate surface area is 85.1 Å². The zero-order valence-electron chi connectivity index (χ0n) is 9.10. The Bertz CT molecular complexity index is 344. The zero-order chi connectivity index (χ0) is 10.3. The molecule has 0 aliphatic heterocycles. The van der Waals surface area contributed by atoms with Crippen LogP contribution in [0.2, 0.25) is 0 Å². The third-order valence-corrected chi connectivity index (χ3v) is 3.22. The topological polar surface area (TPSA) is 0 Å². The summed E-state index contributed by atoms with van der Waals surface area (Å²) in [6.45, 7) is 5.91. The standard InChI is InChI=1S/C13H17F/c1-9-4-5-10(2)12(6-9)11-7-13(3,14)8-11/h4-6,11H,7-8H2,1-3H3. The SMILES string of the molecule is Cc1ccc(C)c(C2CC(C)(F)C2)c1. The Morgan fingerprint density at radius 3 is 2.50 bits per heavy atom. The summed E-state index contributed by atoms with van der Waals surface area (Å²) in [4.78, 5) is 0. The van der Waals surface area contributed by atoms with Crippen LogP contribution in [0, 0.1) is 13.8 Å². The van der Waals surface area contributed by atoms with E-state index in [9.17, 15) is 4.39 Å². The highest BCUT2D eigenvalue weighted by molar-refractivity contribution is 5.35. The van der Waals surface area contributed by atoms with E-state index < -0.39 is 5.67 Å². The van der Waals surface area contributed by atoms with Crippen LogP contribution >= 0.6 is 0 Å². The van der Waals surface area contributed by atoms with Gasteiger partial charge < -0.3 is 0 Å². The molecule has 0 N–H and O–H groups in total. The maximum atomic E-state index is 13.4. The van der Waals surface area contributed by atoms with Crippen LogP contribution in [-0.2, 0) is 0 Å². The van der Waals surface area contributed by atoms with Crippen LogP contribution in [0.1, 0.15) is 42.4 Å². The van der Waals surface area contributed by atoms with E-state index in [-0.39, 0.29) is 0 Å². The summed E-state index contributed by atoms with van der Waals surface area (Å²) in [5, 5.41) is 0. The molecule has 1 saturated carbocycles. The molecule has 76 valence electrons. The largest absolute Gasteiger partial charge is 0.244 e. The minimum atomic E-state index is -0.916. The van der Waals surface area contributed by atoms with Crippen molar-refractivity contribution in [1.82, 2.24) is 0 Å². The number of hydrogen-bond acceptors (Lipinski definition) is 0.